The van der Waals surface area contributed by atoms with Crippen molar-refractivity contribution in [2.45, 2.75) is 6.42 Å². The molecule has 110 valence electrons. The van der Waals surface area contributed by atoms with Crippen molar-refractivity contribution in [2.24, 2.45) is 0 Å². The summed E-state index contributed by atoms with van der Waals surface area (Å²) in [6.45, 7) is 0. The molecule has 0 saturated heterocycles. The van der Waals surface area contributed by atoms with Gasteiger partial charge in [-0.2, -0.15) is 5.10 Å². The van der Waals surface area contributed by atoms with Crippen LogP contribution in [0, 0.1) is 5.82 Å². The quantitative estimate of drug-likeness (QED) is 0.803. The summed E-state index contributed by atoms with van der Waals surface area (Å²) in [5.41, 5.74) is 1.67. The molecular weight excluding hydrogens is 281 g/mol. The number of carbonyl (C=O) groups is 1. The van der Waals surface area contributed by atoms with Crippen LogP contribution in [0.5, 0.6) is 0 Å². The summed E-state index contributed by atoms with van der Waals surface area (Å²) < 4.78 is 14.5. The maximum Gasteiger partial charge on any atom is 0.229 e. The lowest BCUT2D eigenvalue weighted by atomic mass is 10.1. The molecule has 0 fully saturated rings. The highest BCUT2D eigenvalue weighted by molar-refractivity contribution is 5.91. The number of anilines is 1. The molecule has 3 aromatic rings. The molecule has 0 aliphatic heterocycles. The average Bonchev–Trinajstić information content (AvgIpc) is 2.97. The normalized spacial score (nSPS) is 10.4. The largest absolute Gasteiger partial charge is 0.309 e. The van der Waals surface area contributed by atoms with Crippen molar-refractivity contribution in [3.05, 3.63) is 78.2 Å². The van der Waals surface area contributed by atoms with Gasteiger partial charge >= 0.3 is 0 Å². The second kappa shape index (κ2) is 6.22. The van der Waals surface area contributed by atoms with Crippen LogP contribution >= 0.6 is 0 Å². The molecule has 0 bridgehead atoms. The maximum atomic E-state index is 12.9. The van der Waals surface area contributed by atoms with E-state index < -0.39 is 0 Å². The summed E-state index contributed by atoms with van der Waals surface area (Å²) in [4.78, 5) is 12.0. The zero-order valence-electron chi connectivity index (χ0n) is 11.7. The number of carbonyl (C=O) groups excluding carboxylic acids is 1. The summed E-state index contributed by atoms with van der Waals surface area (Å²) in [6, 6.07) is 17.2. The number of nitrogens with zero attached hydrogens (tertiary/aromatic N) is 2. The van der Waals surface area contributed by atoms with Crippen molar-refractivity contribution in [3.63, 3.8) is 0 Å². The number of aromatic nitrogens is 2. The zero-order valence-corrected chi connectivity index (χ0v) is 11.7. The number of benzene rings is 2. The van der Waals surface area contributed by atoms with Crippen LogP contribution in [0.3, 0.4) is 0 Å². The molecule has 22 heavy (non-hydrogen) atoms. The Labute approximate surface area is 127 Å². The van der Waals surface area contributed by atoms with Gasteiger partial charge in [0, 0.05) is 12.3 Å². The van der Waals surface area contributed by atoms with E-state index in [1.165, 1.54) is 12.1 Å². The molecule has 4 nitrogen and oxygen atoms in total. The van der Waals surface area contributed by atoms with Gasteiger partial charge in [0.2, 0.25) is 5.91 Å². The summed E-state index contributed by atoms with van der Waals surface area (Å²) >= 11 is 0. The SMILES string of the molecule is O=C(Cc1ccccc1)Nc1ccn(-c2ccc(F)cc2)n1. The molecule has 0 aliphatic carbocycles. The average molecular weight is 295 g/mol. The molecule has 1 amide bonds. The van der Waals surface area contributed by atoms with Gasteiger partial charge in [0.25, 0.3) is 0 Å². The zero-order chi connectivity index (χ0) is 15.4. The topological polar surface area (TPSA) is 46.9 Å². The van der Waals surface area contributed by atoms with Crippen LogP contribution in [0.2, 0.25) is 0 Å². The van der Waals surface area contributed by atoms with E-state index in [2.05, 4.69) is 10.4 Å². The predicted molar refractivity (Wildman–Crippen MR) is 82.3 cm³/mol. The van der Waals surface area contributed by atoms with Crippen LogP contribution in [-0.2, 0) is 11.2 Å². The monoisotopic (exact) mass is 295 g/mol. The Kier molecular flexibility index (Phi) is 3.96. The van der Waals surface area contributed by atoms with Crippen molar-refractivity contribution in [1.82, 2.24) is 9.78 Å². The van der Waals surface area contributed by atoms with Gasteiger partial charge in [-0.05, 0) is 29.8 Å². The Bertz CT molecular complexity index is 766. The smallest absolute Gasteiger partial charge is 0.229 e. The minimum absolute atomic E-state index is 0.129. The van der Waals surface area contributed by atoms with Crippen LogP contribution in [0.25, 0.3) is 5.69 Å². The first-order valence-electron chi connectivity index (χ1n) is 6.86. The van der Waals surface area contributed by atoms with Crippen molar-refractivity contribution >= 4 is 11.7 Å². The molecule has 1 N–H and O–H groups in total. The van der Waals surface area contributed by atoms with Crippen molar-refractivity contribution in [3.8, 4) is 5.69 Å². The highest BCUT2D eigenvalue weighted by atomic mass is 19.1. The Morgan fingerprint density at radius 1 is 1.05 bits per heavy atom. The molecule has 0 saturated carbocycles. The first kappa shape index (κ1) is 14.0. The van der Waals surface area contributed by atoms with Gasteiger partial charge < -0.3 is 5.32 Å². The van der Waals surface area contributed by atoms with Crippen molar-refractivity contribution in [2.75, 3.05) is 5.32 Å². The summed E-state index contributed by atoms with van der Waals surface area (Å²) in [7, 11) is 0. The molecule has 0 spiro atoms. The number of halogens is 1. The highest BCUT2D eigenvalue weighted by Crippen LogP contribution is 2.11. The molecule has 1 heterocycles. The highest BCUT2D eigenvalue weighted by Gasteiger charge is 2.07. The summed E-state index contributed by atoms with van der Waals surface area (Å²) in [5.74, 6) is 0.0353. The fraction of sp³-hybridized carbons (Fsp3) is 0.0588. The summed E-state index contributed by atoms with van der Waals surface area (Å²) in [6.07, 6.45) is 2.01. The summed E-state index contributed by atoms with van der Waals surface area (Å²) in [5, 5.41) is 7.00. The number of rotatable bonds is 4. The van der Waals surface area contributed by atoms with Gasteiger partial charge in [-0.25, -0.2) is 9.07 Å². The Balaban J connectivity index is 1.66. The molecule has 5 heteroatoms. The minimum atomic E-state index is -0.299. The third-order valence-corrected chi connectivity index (χ3v) is 3.16. The van der Waals surface area contributed by atoms with E-state index in [0.717, 1.165) is 11.3 Å². The third-order valence-electron chi connectivity index (χ3n) is 3.16. The molecule has 1 aromatic heterocycles. The number of hydrogen-bond donors (Lipinski definition) is 1. The first-order chi connectivity index (χ1) is 10.7. The van der Waals surface area contributed by atoms with E-state index >= 15 is 0 Å². The molecule has 0 atom stereocenters. The molecule has 3 rings (SSSR count). The Morgan fingerprint density at radius 3 is 2.50 bits per heavy atom. The van der Waals surface area contributed by atoms with E-state index in [9.17, 15) is 9.18 Å². The van der Waals surface area contributed by atoms with E-state index in [1.54, 1.807) is 29.1 Å². The van der Waals surface area contributed by atoms with Gasteiger partial charge in [-0.15, -0.1) is 0 Å². The van der Waals surface area contributed by atoms with E-state index in [1.807, 2.05) is 30.3 Å². The van der Waals surface area contributed by atoms with Crippen LogP contribution in [-0.4, -0.2) is 15.7 Å². The fourth-order valence-electron chi connectivity index (χ4n) is 2.10. The maximum absolute atomic E-state index is 12.9. The van der Waals surface area contributed by atoms with Crippen molar-refractivity contribution in [1.29, 1.82) is 0 Å². The Hall–Kier alpha value is -2.95. The van der Waals surface area contributed by atoms with Gasteiger partial charge in [0.15, 0.2) is 5.82 Å². The molecule has 0 radical (unpaired) electrons. The lowest BCUT2D eigenvalue weighted by Gasteiger charge is -2.03. The van der Waals surface area contributed by atoms with Crippen LogP contribution in [0.4, 0.5) is 10.2 Å². The standard InChI is InChI=1S/C17H14FN3O/c18-14-6-8-15(9-7-14)21-11-10-16(20-21)19-17(22)12-13-4-2-1-3-5-13/h1-11H,12H2,(H,19,20,22). The second-order valence-electron chi connectivity index (χ2n) is 4.83. The van der Waals surface area contributed by atoms with Gasteiger partial charge in [-0.1, -0.05) is 30.3 Å². The van der Waals surface area contributed by atoms with Gasteiger partial charge in [0.1, 0.15) is 5.82 Å². The van der Waals surface area contributed by atoms with E-state index in [0.29, 0.717) is 12.2 Å². The molecular formula is C17H14FN3O. The van der Waals surface area contributed by atoms with E-state index in [4.69, 9.17) is 0 Å². The lowest BCUT2D eigenvalue weighted by molar-refractivity contribution is -0.115. The lowest BCUT2D eigenvalue weighted by Crippen LogP contribution is -2.14. The molecule has 0 unspecified atom stereocenters. The molecule has 2 aromatic carbocycles. The van der Waals surface area contributed by atoms with Gasteiger partial charge in [0.05, 0.1) is 12.1 Å². The molecule has 0 aliphatic rings. The van der Waals surface area contributed by atoms with Crippen LogP contribution in [0.1, 0.15) is 5.56 Å². The van der Waals surface area contributed by atoms with Crippen molar-refractivity contribution < 1.29 is 9.18 Å². The van der Waals surface area contributed by atoms with Gasteiger partial charge in [-0.3, -0.25) is 4.79 Å². The second-order valence-corrected chi connectivity index (χ2v) is 4.83. The number of amides is 1. The van der Waals surface area contributed by atoms with Crippen LogP contribution < -0.4 is 5.32 Å². The minimum Gasteiger partial charge on any atom is -0.309 e. The first-order valence-corrected chi connectivity index (χ1v) is 6.86. The predicted octanol–water partition coefficient (Wildman–Crippen LogP) is 3.19. The third kappa shape index (κ3) is 3.38. The number of nitrogens with one attached hydrogen (secondary N) is 1. The number of hydrogen-bond acceptors (Lipinski definition) is 2. The van der Waals surface area contributed by atoms with E-state index in [-0.39, 0.29) is 11.7 Å². The Morgan fingerprint density at radius 2 is 1.77 bits per heavy atom. The van der Waals surface area contributed by atoms with Crippen LogP contribution in [0.15, 0.2) is 66.9 Å². The fourth-order valence-corrected chi connectivity index (χ4v) is 2.10.